The molecule has 0 bridgehead atoms. The van der Waals surface area contributed by atoms with Crippen molar-refractivity contribution < 1.29 is 4.79 Å². The molecule has 122 valence electrons. The first-order chi connectivity index (χ1) is 9.93. The Morgan fingerprint density at radius 3 is 2.19 bits per heavy atom. The minimum Gasteiger partial charge on any atom is -0.356 e. The number of hydrogen-bond donors (Lipinski definition) is 1. The molecule has 0 rings (SSSR count). The van der Waals surface area contributed by atoms with Crippen LogP contribution in [0.3, 0.4) is 0 Å². The summed E-state index contributed by atoms with van der Waals surface area (Å²) in [6.07, 6.45) is 9.97. The van der Waals surface area contributed by atoms with Gasteiger partial charge in [0, 0.05) is 13.0 Å². The van der Waals surface area contributed by atoms with Crippen molar-refractivity contribution in [2.45, 2.75) is 78.6 Å². The van der Waals surface area contributed by atoms with Gasteiger partial charge in [0.1, 0.15) is 0 Å². The Morgan fingerprint density at radius 2 is 1.57 bits per heavy atom. The van der Waals surface area contributed by atoms with E-state index in [1.807, 2.05) is 6.92 Å². The number of allylic oxidation sites excluding steroid dienone is 2. The molecular weight excluding hydrogens is 258 g/mol. The van der Waals surface area contributed by atoms with E-state index >= 15 is 0 Å². The van der Waals surface area contributed by atoms with E-state index in [4.69, 9.17) is 0 Å². The van der Waals surface area contributed by atoms with E-state index < -0.39 is 0 Å². The van der Waals surface area contributed by atoms with Crippen molar-refractivity contribution in [3.8, 4) is 0 Å². The molecule has 0 saturated carbocycles. The molecule has 0 radical (unpaired) electrons. The summed E-state index contributed by atoms with van der Waals surface area (Å²) in [5.41, 5.74) is 2.13. The van der Waals surface area contributed by atoms with Gasteiger partial charge in [-0.15, -0.1) is 0 Å². The van der Waals surface area contributed by atoms with Gasteiger partial charge in [0.2, 0.25) is 5.91 Å². The van der Waals surface area contributed by atoms with Gasteiger partial charge in [-0.05, 0) is 32.1 Å². The zero-order chi connectivity index (χ0) is 16.1. The maximum atomic E-state index is 11.6. The van der Waals surface area contributed by atoms with Crippen LogP contribution in [0, 0.1) is 5.92 Å². The normalized spacial score (nSPS) is 10.7. The number of nitrogens with one attached hydrogen (secondary N) is 1. The third-order valence-corrected chi connectivity index (χ3v) is 3.77. The smallest absolute Gasteiger partial charge is 0.219 e. The summed E-state index contributed by atoms with van der Waals surface area (Å²) in [6, 6.07) is 0. The van der Waals surface area contributed by atoms with Crippen LogP contribution >= 0.6 is 0 Å². The summed E-state index contributed by atoms with van der Waals surface area (Å²) >= 11 is 0. The third-order valence-electron chi connectivity index (χ3n) is 3.77. The third kappa shape index (κ3) is 13.7. The maximum absolute atomic E-state index is 11.6. The van der Waals surface area contributed by atoms with Gasteiger partial charge in [-0.3, -0.25) is 4.79 Å². The molecule has 2 heteroatoms. The highest BCUT2D eigenvalue weighted by Gasteiger charge is 2.01. The highest BCUT2D eigenvalue weighted by molar-refractivity contribution is 5.75. The van der Waals surface area contributed by atoms with Crippen molar-refractivity contribution in [1.29, 1.82) is 0 Å². The number of carbonyl (C=O) groups is 1. The second kappa shape index (κ2) is 12.7. The summed E-state index contributed by atoms with van der Waals surface area (Å²) in [7, 11) is 0. The van der Waals surface area contributed by atoms with Gasteiger partial charge in [0.15, 0.2) is 0 Å². The second-order valence-corrected chi connectivity index (χ2v) is 6.54. The number of hydrogen-bond acceptors (Lipinski definition) is 1. The average molecular weight is 293 g/mol. The van der Waals surface area contributed by atoms with Crippen LogP contribution in [0.5, 0.6) is 0 Å². The Bertz CT molecular complexity index is 318. The van der Waals surface area contributed by atoms with Gasteiger partial charge in [-0.1, -0.05) is 70.3 Å². The highest BCUT2D eigenvalue weighted by atomic mass is 16.1. The Morgan fingerprint density at radius 1 is 0.952 bits per heavy atom. The lowest BCUT2D eigenvalue weighted by Crippen LogP contribution is -2.24. The van der Waals surface area contributed by atoms with E-state index in [-0.39, 0.29) is 5.91 Å². The van der Waals surface area contributed by atoms with Crippen molar-refractivity contribution in [2.75, 3.05) is 6.54 Å². The average Bonchev–Trinajstić information content (AvgIpc) is 2.41. The molecule has 21 heavy (non-hydrogen) atoms. The van der Waals surface area contributed by atoms with Gasteiger partial charge in [0.25, 0.3) is 0 Å². The van der Waals surface area contributed by atoms with E-state index in [0.29, 0.717) is 6.42 Å². The zero-order valence-electron chi connectivity index (χ0n) is 14.5. The van der Waals surface area contributed by atoms with E-state index in [2.05, 4.69) is 32.3 Å². The fourth-order valence-electron chi connectivity index (χ4n) is 2.20. The van der Waals surface area contributed by atoms with Crippen LogP contribution in [0.1, 0.15) is 78.6 Å². The van der Waals surface area contributed by atoms with Crippen molar-refractivity contribution in [3.63, 3.8) is 0 Å². The van der Waals surface area contributed by atoms with Gasteiger partial charge in [0.05, 0.1) is 0 Å². The van der Waals surface area contributed by atoms with Crippen LogP contribution < -0.4 is 5.32 Å². The minimum absolute atomic E-state index is 0.193. The van der Waals surface area contributed by atoms with Crippen molar-refractivity contribution in [3.05, 3.63) is 24.3 Å². The van der Waals surface area contributed by atoms with Crippen LogP contribution in [-0.2, 0) is 4.79 Å². The molecule has 0 unspecified atom stereocenters. The Kier molecular flexibility index (Phi) is 12.0. The maximum Gasteiger partial charge on any atom is 0.219 e. The molecule has 0 fully saturated rings. The molecule has 2 nitrogen and oxygen atoms in total. The first-order valence-corrected chi connectivity index (χ1v) is 8.53. The van der Waals surface area contributed by atoms with E-state index in [1.165, 1.54) is 32.1 Å². The largest absolute Gasteiger partial charge is 0.356 e. The molecule has 0 aromatic carbocycles. The van der Waals surface area contributed by atoms with E-state index in [1.54, 1.807) is 0 Å². The van der Waals surface area contributed by atoms with E-state index in [9.17, 15) is 4.79 Å². The van der Waals surface area contributed by atoms with Crippen molar-refractivity contribution in [2.24, 2.45) is 5.92 Å². The van der Waals surface area contributed by atoms with Crippen LogP contribution in [0.2, 0.25) is 0 Å². The number of amides is 1. The Labute approximate surface area is 132 Å². The summed E-state index contributed by atoms with van der Waals surface area (Å²) < 4.78 is 0. The van der Waals surface area contributed by atoms with Gasteiger partial charge >= 0.3 is 0 Å². The van der Waals surface area contributed by atoms with E-state index in [0.717, 1.165) is 42.9 Å². The van der Waals surface area contributed by atoms with Crippen LogP contribution in [0.25, 0.3) is 0 Å². The number of rotatable bonds is 13. The van der Waals surface area contributed by atoms with Crippen molar-refractivity contribution >= 4 is 5.91 Å². The second-order valence-electron chi connectivity index (χ2n) is 6.54. The van der Waals surface area contributed by atoms with Gasteiger partial charge in [-0.25, -0.2) is 0 Å². The molecule has 0 aliphatic carbocycles. The Hall–Kier alpha value is -1.05. The quantitative estimate of drug-likeness (QED) is 0.357. The standard InChI is InChI=1S/C19H35NO/c1-16(2)12-9-7-6-8-10-14-19(21)20-15-11-13-18(5)17(3)4/h16H,3,5-15H2,1-2,4H3,(H,20,21). The topological polar surface area (TPSA) is 29.1 Å². The summed E-state index contributed by atoms with van der Waals surface area (Å²) in [5.74, 6) is 1.01. The molecule has 0 spiro atoms. The van der Waals surface area contributed by atoms with Gasteiger partial charge < -0.3 is 5.32 Å². The molecule has 1 N–H and O–H groups in total. The van der Waals surface area contributed by atoms with Crippen molar-refractivity contribution in [1.82, 2.24) is 5.32 Å². The Balaban J connectivity index is 3.35. The molecule has 0 aliphatic heterocycles. The van der Waals surface area contributed by atoms with Crippen LogP contribution in [0.4, 0.5) is 0 Å². The molecule has 0 saturated heterocycles. The molecule has 0 heterocycles. The lowest BCUT2D eigenvalue weighted by molar-refractivity contribution is -0.121. The molecule has 0 atom stereocenters. The van der Waals surface area contributed by atoms with Crippen LogP contribution in [-0.4, -0.2) is 12.5 Å². The highest BCUT2D eigenvalue weighted by Crippen LogP contribution is 2.12. The predicted molar refractivity (Wildman–Crippen MR) is 93.4 cm³/mol. The lowest BCUT2D eigenvalue weighted by atomic mass is 10.0. The molecule has 0 aromatic heterocycles. The summed E-state index contributed by atoms with van der Waals surface area (Å²) in [6.45, 7) is 15.1. The van der Waals surface area contributed by atoms with Gasteiger partial charge in [-0.2, -0.15) is 0 Å². The summed E-state index contributed by atoms with van der Waals surface area (Å²) in [5, 5.41) is 2.98. The first kappa shape index (κ1) is 19.9. The SMILES string of the molecule is C=C(C)C(=C)CCCNC(=O)CCCCCCCC(C)C. The first-order valence-electron chi connectivity index (χ1n) is 8.53. The fraction of sp³-hybridized carbons (Fsp3) is 0.737. The minimum atomic E-state index is 0.193. The zero-order valence-corrected chi connectivity index (χ0v) is 14.5. The fourth-order valence-corrected chi connectivity index (χ4v) is 2.20. The monoisotopic (exact) mass is 293 g/mol. The predicted octanol–water partition coefficient (Wildman–Crippen LogP) is 5.40. The van der Waals surface area contributed by atoms with Crippen LogP contribution in [0.15, 0.2) is 24.3 Å². The lowest BCUT2D eigenvalue weighted by Gasteiger charge is -2.07. The summed E-state index contributed by atoms with van der Waals surface area (Å²) in [4.78, 5) is 11.6. The number of unbranched alkanes of at least 4 members (excludes halogenated alkanes) is 4. The molecular formula is C19H35NO. The molecule has 0 aromatic rings. The molecule has 0 aliphatic rings. The number of carbonyl (C=O) groups excluding carboxylic acids is 1. The molecule has 1 amide bonds.